The molecular weight excluding hydrogens is 318 g/mol. The summed E-state index contributed by atoms with van der Waals surface area (Å²) in [4.78, 5) is 26.8. The number of para-hydroxylation sites is 1. The van der Waals surface area contributed by atoms with Crippen molar-refractivity contribution >= 4 is 17.6 Å². The van der Waals surface area contributed by atoms with E-state index >= 15 is 0 Å². The number of hydrogen-bond donors (Lipinski definition) is 0. The fourth-order valence-electron chi connectivity index (χ4n) is 3.10. The Kier molecular flexibility index (Phi) is 4.74. The Hall–Kier alpha value is -2.82. The molecular formula is C20H21NO4. The number of nitrogens with zero attached hydrogens (tertiary/aromatic N) is 1. The standard InChI is InChI=1S/C20H21NO4/c1-13-12-16-6-4-5-7-18(16)21(13)19(22)14(2)25-20(23)15-8-10-17(24-3)11-9-15/h4-11,13-14H,12H2,1-3H3/t13-,14+/m0/s1. The highest BCUT2D eigenvalue weighted by Gasteiger charge is 2.34. The number of esters is 1. The quantitative estimate of drug-likeness (QED) is 0.803. The number of hydrogen-bond acceptors (Lipinski definition) is 4. The Morgan fingerprint density at radius 1 is 1.12 bits per heavy atom. The van der Waals surface area contributed by atoms with Crippen molar-refractivity contribution in [3.05, 3.63) is 59.7 Å². The normalized spacial score (nSPS) is 16.9. The lowest BCUT2D eigenvalue weighted by Gasteiger charge is -2.25. The molecule has 2 aromatic rings. The molecule has 0 fully saturated rings. The minimum atomic E-state index is -0.858. The number of benzene rings is 2. The van der Waals surface area contributed by atoms with Crippen LogP contribution in [0.1, 0.15) is 29.8 Å². The monoisotopic (exact) mass is 339 g/mol. The van der Waals surface area contributed by atoms with Gasteiger partial charge in [0, 0.05) is 11.7 Å². The Morgan fingerprint density at radius 2 is 1.80 bits per heavy atom. The Labute approximate surface area is 147 Å². The molecule has 5 heteroatoms. The number of amides is 1. The van der Waals surface area contributed by atoms with Crippen molar-refractivity contribution in [3.8, 4) is 5.75 Å². The van der Waals surface area contributed by atoms with Crippen LogP contribution in [0.3, 0.4) is 0 Å². The van der Waals surface area contributed by atoms with Crippen LogP contribution in [0, 0.1) is 0 Å². The molecule has 2 atom stereocenters. The van der Waals surface area contributed by atoms with Crippen molar-refractivity contribution in [2.75, 3.05) is 12.0 Å². The zero-order chi connectivity index (χ0) is 18.0. The minimum absolute atomic E-state index is 0.0482. The second-order valence-electron chi connectivity index (χ2n) is 6.17. The third kappa shape index (κ3) is 3.36. The van der Waals surface area contributed by atoms with Gasteiger partial charge in [-0.1, -0.05) is 18.2 Å². The largest absolute Gasteiger partial charge is 0.497 e. The minimum Gasteiger partial charge on any atom is -0.497 e. The molecule has 0 aliphatic carbocycles. The predicted octanol–water partition coefficient (Wildman–Crippen LogP) is 3.22. The van der Waals surface area contributed by atoms with Gasteiger partial charge < -0.3 is 14.4 Å². The van der Waals surface area contributed by atoms with Crippen LogP contribution in [0.25, 0.3) is 0 Å². The van der Waals surface area contributed by atoms with E-state index in [0.29, 0.717) is 11.3 Å². The number of carbonyl (C=O) groups excluding carboxylic acids is 2. The smallest absolute Gasteiger partial charge is 0.338 e. The predicted molar refractivity (Wildman–Crippen MR) is 95.0 cm³/mol. The van der Waals surface area contributed by atoms with Gasteiger partial charge in [-0.05, 0) is 56.2 Å². The van der Waals surface area contributed by atoms with E-state index in [1.807, 2.05) is 31.2 Å². The SMILES string of the molecule is COc1ccc(C(=O)O[C@H](C)C(=O)N2c3ccccc3C[C@@H]2C)cc1. The molecule has 0 unspecified atom stereocenters. The van der Waals surface area contributed by atoms with E-state index in [-0.39, 0.29) is 11.9 Å². The number of rotatable bonds is 4. The van der Waals surface area contributed by atoms with Gasteiger partial charge in [-0.25, -0.2) is 4.79 Å². The van der Waals surface area contributed by atoms with E-state index in [2.05, 4.69) is 0 Å². The highest BCUT2D eigenvalue weighted by atomic mass is 16.5. The topological polar surface area (TPSA) is 55.8 Å². The van der Waals surface area contributed by atoms with Gasteiger partial charge in [-0.2, -0.15) is 0 Å². The summed E-state index contributed by atoms with van der Waals surface area (Å²) in [6, 6.07) is 14.5. The molecule has 0 saturated carbocycles. The van der Waals surface area contributed by atoms with Crippen LogP contribution in [-0.4, -0.2) is 31.1 Å². The summed E-state index contributed by atoms with van der Waals surface area (Å²) < 4.78 is 10.4. The maximum Gasteiger partial charge on any atom is 0.338 e. The molecule has 25 heavy (non-hydrogen) atoms. The molecule has 0 bridgehead atoms. The summed E-state index contributed by atoms with van der Waals surface area (Å²) in [5, 5.41) is 0. The van der Waals surface area contributed by atoms with Gasteiger partial charge in [-0.3, -0.25) is 4.79 Å². The van der Waals surface area contributed by atoms with Gasteiger partial charge in [0.15, 0.2) is 6.10 Å². The van der Waals surface area contributed by atoms with Gasteiger partial charge >= 0.3 is 5.97 Å². The van der Waals surface area contributed by atoms with Crippen molar-refractivity contribution < 1.29 is 19.1 Å². The first-order chi connectivity index (χ1) is 12.0. The molecule has 0 saturated heterocycles. The average Bonchev–Trinajstić information content (AvgIpc) is 2.96. The van der Waals surface area contributed by atoms with Crippen molar-refractivity contribution in [1.29, 1.82) is 0 Å². The molecule has 0 spiro atoms. The van der Waals surface area contributed by atoms with Crippen LogP contribution in [0.4, 0.5) is 5.69 Å². The molecule has 0 radical (unpaired) electrons. The van der Waals surface area contributed by atoms with Gasteiger partial charge in [0.2, 0.25) is 0 Å². The lowest BCUT2D eigenvalue weighted by atomic mass is 10.1. The number of fused-ring (bicyclic) bond motifs is 1. The third-order valence-electron chi connectivity index (χ3n) is 4.40. The number of carbonyl (C=O) groups is 2. The summed E-state index contributed by atoms with van der Waals surface area (Å²) in [5.74, 6) is -0.0777. The maximum absolute atomic E-state index is 12.8. The van der Waals surface area contributed by atoms with Crippen LogP contribution in [0.5, 0.6) is 5.75 Å². The summed E-state index contributed by atoms with van der Waals surface area (Å²) in [5.41, 5.74) is 2.42. The van der Waals surface area contributed by atoms with Crippen LogP contribution in [0.2, 0.25) is 0 Å². The number of methoxy groups -OCH3 is 1. The molecule has 1 amide bonds. The van der Waals surface area contributed by atoms with E-state index < -0.39 is 12.1 Å². The molecule has 3 rings (SSSR count). The summed E-state index contributed by atoms with van der Waals surface area (Å²) in [6.07, 6.45) is -0.0515. The third-order valence-corrected chi connectivity index (χ3v) is 4.40. The van der Waals surface area contributed by atoms with Crippen LogP contribution in [0.15, 0.2) is 48.5 Å². The molecule has 0 N–H and O–H groups in total. The zero-order valence-corrected chi connectivity index (χ0v) is 14.6. The first kappa shape index (κ1) is 17.0. The molecule has 1 heterocycles. The highest BCUT2D eigenvalue weighted by Crippen LogP contribution is 2.32. The van der Waals surface area contributed by atoms with Crippen molar-refractivity contribution in [3.63, 3.8) is 0 Å². The zero-order valence-electron chi connectivity index (χ0n) is 14.6. The molecule has 1 aliphatic rings. The fourth-order valence-corrected chi connectivity index (χ4v) is 3.10. The van der Waals surface area contributed by atoms with Crippen molar-refractivity contribution in [2.45, 2.75) is 32.4 Å². The summed E-state index contributed by atoms with van der Waals surface area (Å²) in [7, 11) is 1.56. The van der Waals surface area contributed by atoms with Crippen LogP contribution >= 0.6 is 0 Å². The van der Waals surface area contributed by atoms with E-state index in [0.717, 1.165) is 17.7 Å². The van der Waals surface area contributed by atoms with Crippen LogP contribution in [-0.2, 0) is 16.0 Å². The van der Waals surface area contributed by atoms with Crippen molar-refractivity contribution in [2.24, 2.45) is 0 Å². The van der Waals surface area contributed by atoms with E-state index in [4.69, 9.17) is 9.47 Å². The van der Waals surface area contributed by atoms with Gasteiger partial charge in [0.1, 0.15) is 5.75 Å². The van der Waals surface area contributed by atoms with Gasteiger partial charge in [0.05, 0.1) is 12.7 Å². The van der Waals surface area contributed by atoms with Gasteiger partial charge in [-0.15, -0.1) is 0 Å². The first-order valence-electron chi connectivity index (χ1n) is 8.27. The van der Waals surface area contributed by atoms with E-state index in [9.17, 15) is 9.59 Å². The molecule has 130 valence electrons. The lowest BCUT2D eigenvalue weighted by molar-refractivity contribution is -0.126. The highest BCUT2D eigenvalue weighted by molar-refractivity contribution is 6.00. The Bertz CT molecular complexity index is 785. The lowest BCUT2D eigenvalue weighted by Crippen LogP contribution is -2.43. The van der Waals surface area contributed by atoms with Gasteiger partial charge in [0.25, 0.3) is 5.91 Å². The molecule has 1 aliphatic heterocycles. The maximum atomic E-state index is 12.8. The summed E-state index contributed by atoms with van der Waals surface area (Å²) >= 11 is 0. The average molecular weight is 339 g/mol. The number of anilines is 1. The summed E-state index contributed by atoms with van der Waals surface area (Å²) in [6.45, 7) is 3.60. The Balaban J connectivity index is 1.71. The second-order valence-corrected chi connectivity index (χ2v) is 6.17. The van der Waals surface area contributed by atoms with Crippen LogP contribution < -0.4 is 9.64 Å². The first-order valence-corrected chi connectivity index (χ1v) is 8.27. The second kappa shape index (κ2) is 6.97. The number of ether oxygens (including phenoxy) is 2. The Morgan fingerprint density at radius 3 is 2.48 bits per heavy atom. The molecule has 0 aromatic heterocycles. The van der Waals surface area contributed by atoms with E-state index in [1.165, 1.54) is 0 Å². The fraction of sp³-hybridized carbons (Fsp3) is 0.300. The van der Waals surface area contributed by atoms with Crippen molar-refractivity contribution in [1.82, 2.24) is 0 Å². The van der Waals surface area contributed by atoms with E-state index in [1.54, 1.807) is 43.2 Å². The molecule has 5 nitrogen and oxygen atoms in total. The molecule has 2 aromatic carbocycles.